The first-order valence-corrected chi connectivity index (χ1v) is 8.33. The highest BCUT2D eigenvalue weighted by Crippen LogP contribution is 2.23. The van der Waals surface area contributed by atoms with Crippen LogP contribution < -0.4 is 10.0 Å². The number of alkyl halides is 3. The fourth-order valence-electron chi connectivity index (χ4n) is 2.28. The second kappa shape index (κ2) is 8.47. The molecule has 2 atom stereocenters. The van der Waals surface area contributed by atoms with Gasteiger partial charge in [-0.15, -0.1) is 0 Å². The minimum atomic E-state index is -1.34. The molecule has 0 aliphatic carbocycles. The van der Waals surface area contributed by atoms with Gasteiger partial charge in [0.2, 0.25) is 0 Å². The quantitative estimate of drug-likeness (QED) is 0.455. The first-order chi connectivity index (χ1) is 11.8. The average molecular weight is 387 g/mol. The molecule has 1 aromatic heterocycles. The summed E-state index contributed by atoms with van der Waals surface area (Å²) in [5, 5.41) is 24.2. The van der Waals surface area contributed by atoms with Crippen molar-refractivity contribution in [2.75, 3.05) is 6.67 Å². The summed E-state index contributed by atoms with van der Waals surface area (Å²) in [6.07, 6.45) is 0.185. The maximum absolute atomic E-state index is 13.1. The van der Waals surface area contributed by atoms with Gasteiger partial charge in [-0.05, 0) is 17.2 Å². The molecule has 0 fully saturated rings. The van der Waals surface area contributed by atoms with Crippen molar-refractivity contribution in [3.05, 3.63) is 59.1 Å². The van der Waals surface area contributed by atoms with E-state index in [0.29, 0.717) is 16.8 Å². The molecule has 2 N–H and O–H groups in total. The van der Waals surface area contributed by atoms with Crippen LogP contribution in [0.4, 0.5) is 4.39 Å². The van der Waals surface area contributed by atoms with E-state index >= 15 is 0 Å². The molecule has 5 nitrogen and oxygen atoms in total. The number of hydrogen-bond donors (Lipinski definition) is 2. The Morgan fingerprint density at radius 1 is 1.24 bits per heavy atom. The molecule has 0 saturated carbocycles. The van der Waals surface area contributed by atoms with Crippen molar-refractivity contribution in [1.29, 1.82) is 0 Å². The van der Waals surface area contributed by atoms with Crippen molar-refractivity contribution < 1.29 is 19.0 Å². The van der Waals surface area contributed by atoms with Crippen molar-refractivity contribution in [2.24, 2.45) is 0 Å². The molecule has 8 heteroatoms. The molecule has 1 aromatic carbocycles. The first kappa shape index (κ1) is 19.4. The van der Waals surface area contributed by atoms with E-state index in [2.05, 4.69) is 5.32 Å². The van der Waals surface area contributed by atoms with Crippen LogP contribution in [0.2, 0.25) is 0 Å². The van der Waals surface area contributed by atoms with Crippen molar-refractivity contribution in [2.45, 2.75) is 23.9 Å². The summed E-state index contributed by atoms with van der Waals surface area (Å²) in [6.45, 7) is 0.719. The van der Waals surface area contributed by atoms with Crippen LogP contribution in [0, 0.1) is 12.1 Å². The van der Waals surface area contributed by atoms with E-state index in [1.165, 1.54) is 6.20 Å². The number of hydrogen-bond acceptors (Lipinski definition) is 3. The number of rotatable bonds is 6. The predicted molar refractivity (Wildman–Crippen MR) is 93.9 cm³/mol. The summed E-state index contributed by atoms with van der Waals surface area (Å²) in [7, 11) is 0. The number of aliphatic hydroxyl groups is 1. The van der Waals surface area contributed by atoms with Crippen LogP contribution in [0.1, 0.15) is 17.4 Å². The lowest BCUT2D eigenvalue weighted by Crippen LogP contribution is -2.43. The Morgan fingerprint density at radius 3 is 2.36 bits per heavy atom. The molecule has 1 heterocycles. The van der Waals surface area contributed by atoms with Gasteiger partial charge in [0, 0.05) is 18.6 Å². The van der Waals surface area contributed by atoms with Gasteiger partial charge in [-0.3, -0.25) is 4.79 Å². The van der Waals surface area contributed by atoms with Gasteiger partial charge in [0.25, 0.3) is 5.91 Å². The highest BCUT2D eigenvalue weighted by molar-refractivity contribution is 6.53. The van der Waals surface area contributed by atoms with E-state index in [9.17, 15) is 19.5 Å². The molecule has 0 aliphatic heterocycles. The number of aryl methyl sites for hydroxylation is 1. The normalized spacial score (nSPS) is 13.5. The zero-order valence-corrected chi connectivity index (χ0v) is 14.8. The Balaban J connectivity index is 2.17. The summed E-state index contributed by atoms with van der Waals surface area (Å²) in [6, 6.07) is 8.95. The zero-order valence-electron chi connectivity index (χ0n) is 13.3. The number of nitrogens with zero attached hydrogens (tertiary/aromatic N) is 1. The Labute approximate surface area is 154 Å². The number of nitrogens with one attached hydrogen (secondary N) is 1. The number of halogens is 3. The number of carbonyl (C=O) groups excluding carboxylic acids is 1. The average Bonchev–Trinajstić information content (AvgIpc) is 2.61. The first-order valence-electron chi connectivity index (χ1n) is 7.46. The molecule has 2 rings (SSSR count). The highest BCUT2D eigenvalue weighted by atomic mass is 35.5. The maximum Gasteiger partial charge on any atom is 0.253 e. The number of amides is 1. The molecular formula is C17H17Cl2FN2O3. The summed E-state index contributed by atoms with van der Waals surface area (Å²) in [5.74, 6) is -0.777. The van der Waals surface area contributed by atoms with Crippen LogP contribution >= 0.6 is 23.2 Å². The fraction of sp³-hybridized carbons (Fsp3) is 0.294. The van der Waals surface area contributed by atoms with E-state index < -0.39 is 29.6 Å². The van der Waals surface area contributed by atoms with E-state index in [-0.39, 0.29) is 0 Å². The maximum atomic E-state index is 13.1. The van der Waals surface area contributed by atoms with Crippen LogP contribution in [-0.2, 0) is 4.79 Å². The smallest absolute Gasteiger partial charge is 0.253 e. The van der Waals surface area contributed by atoms with Gasteiger partial charge in [-0.2, -0.15) is 4.73 Å². The van der Waals surface area contributed by atoms with Crippen molar-refractivity contribution in [3.63, 3.8) is 0 Å². The number of carbonyl (C=O) groups is 1. The highest BCUT2D eigenvalue weighted by Gasteiger charge is 2.25. The zero-order chi connectivity index (χ0) is 18.6. The SMILES string of the molecule is Cc1ccc(-c2ccc([C@@H](O)[C@@H](CF)NC(=O)C(Cl)Cl)cc2)c[n+]1[O-]. The van der Waals surface area contributed by atoms with E-state index in [0.717, 1.165) is 10.3 Å². The Hall–Kier alpha value is -1.89. The van der Waals surface area contributed by atoms with E-state index in [1.807, 2.05) is 0 Å². The molecule has 0 saturated heterocycles. The number of aromatic nitrogens is 1. The second-order valence-electron chi connectivity index (χ2n) is 5.52. The molecule has 0 aliphatic rings. The molecule has 0 bridgehead atoms. The number of benzene rings is 1. The topological polar surface area (TPSA) is 76.3 Å². The van der Waals surface area contributed by atoms with Gasteiger partial charge >= 0.3 is 0 Å². The largest absolute Gasteiger partial charge is 0.618 e. The minimum Gasteiger partial charge on any atom is -0.618 e. The third kappa shape index (κ3) is 4.81. The van der Waals surface area contributed by atoms with Gasteiger partial charge in [0.15, 0.2) is 16.7 Å². The van der Waals surface area contributed by atoms with Crippen molar-refractivity contribution in [1.82, 2.24) is 5.32 Å². The minimum absolute atomic E-state index is 0.412. The van der Waals surface area contributed by atoms with Gasteiger partial charge in [0.1, 0.15) is 12.8 Å². The summed E-state index contributed by atoms with van der Waals surface area (Å²) < 4.78 is 13.9. The number of aliphatic hydroxyl groups excluding tert-OH is 1. The summed E-state index contributed by atoms with van der Waals surface area (Å²) in [5.41, 5.74) is 2.47. The molecule has 25 heavy (non-hydrogen) atoms. The summed E-state index contributed by atoms with van der Waals surface area (Å²) >= 11 is 10.8. The lowest BCUT2D eigenvalue weighted by Gasteiger charge is -2.22. The van der Waals surface area contributed by atoms with Crippen LogP contribution in [0.5, 0.6) is 0 Å². The van der Waals surface area contributed by atoms with Crippen molar-refractivity contribution >= 4 is 29.1 Å². The van der Waals surface area contributed by atoms with Gasteiger partial charge < -0.3 is 15.6 Å². The van der Waals surface area contributed by atoms with Gasteiger partial charge in [0.05, 0.1) is 6.04 Å². The third-order valence-corrected chi connectivity index (χ3v) is 4.16. The molecule has 2 aromatic rings. The van der Waals surface area contributed by atoms with E-state index in [4.69, 9.17) is 23.2 Å². The van der Waals surface area contributed by atoms with Crippen LogP contribution in [0.15, 0.2) is 42.6 Å². The predicted octanol–water partition coefficient (Wildman–Crippen LogP) is 2.59. The lowest BCUT2D eigenvalue weighted by molar-refractivity contribution is -0.611. The lowest BCUT2D eigenvalue weighted by atomic mass is 9.99. The summed E-state index contributed by atoms with van der Waals surface area (Å²) in [4.78, 5) is 10.1. The second-order valence-corrected chi connectivity index (χ2v) is 6.62. The molecule has 0 radical (unpaired) electrons. The van der Waals surface area contributed by atoms with Crippen LogP contribution in [-0.4, -0.2) is 28.6 Å². The van der Waals surface area contributed by atoms with E-state index in [1.54, 1.807) is 43.3 Å². The van der Waals surface area contributed by atoms with Gasteiger partial charge in [-0.1, -0.05) is 47.5 Å². The number of pyridine rings is 1. The van der Waals surface area contributed by atoms with Crippen LogP contribution in [0.3, 0.4) is 0 Å². The van der Waals surface area contributed by atoms with Gasteiger partial charge in [-0.25, -0.2) is 4.39 Å². The third-order valence-electron chi connectivity index (χ3n) is 3.77. The van der Waals surface area contributed by atoms with Crippen molar-refractivity contribution in [3.8, 4) is 11.1 Å². The Morgan fingerprint density at radius 2 is 1.84 bits per heavy atom. The Kier molecular flexibility index (Phi) is 6.58. The Bertz CT molecular complexity index is 741. The molecule has 0 unspecified atom stereocenters. The standard InChI is InChI=1S/C17H17Cl2FN2O3/c1-10-2-3-13(9-22(10)25)11-4-6-12(7-5-11)15(23)14(8-20)21-17(24)16(18)19/h2-7,9,14-16,23H,8H2,1H3,(H,21,24)/t14-,15-/m1/s1. The molecule has 0 spiro atoms. The van der Waals surface area contributed by atoms with Crippen LogP contribution in [0.25, 0.3) is 11.1 Å². The molecule has 134 valence electrons. The fourth-order valence-corrected chi connectivity index (χ4v) is 2.40. The molecule has 1 amide bonds. The monoisotopic (exact) mass is 386 g/mol. The molecular weight excluding hydrogens is 370 g/mol.